The van der Waals surface area contributed by atoms with Gasteiger partial charge in [-0.1, -0.05) is 0 Å². The number of hydrogen-bond donors (Lipinski definition) is 0. The van der Waals surface area contributed by atoms with Gasteiger partial charge in [-0.05, 0) is 0 Å². The molecule has 0 aromatic rings. The second-order valence-corrected chi connectivity index (χ2v) is 10.3. The fraction of sp³-hybridized carbons (Fsp3) is 0.714. The van der Waals surface area contributed by atoms with Gasteiger partial charge >= 0.3 is 47.8 Å². The smallest absolute Gasteiger partial charge is 0.303 e. The minimum Gasteiger partial charge on any atom is -0.463 e. The first-order chi connectivity index (χ1) is 21.9. The Morgan fingerprint density at radius 2 is 0.638 bits per heavy atom. The van der Waals surface area contributed by atoms with Crippen molar-refractivity contribution in [3.63, 3.8) is 0 Å². The first-order valence-corrected chi connectivity index (χ1v) is 14.2. The van der Waals surface area contributed by atoms with Crippen LogP contribution in [0.5, 0.6) is 0 Å². The molecule has 0 aromatic heterocycles. The summed E-state index contributed by atoms with van der Waals surface area (Å²) in [4.78, 5) is 96.2. The number of carbonyl (C=O) groups is 8. The molecule has 0 radical (unpaired) electrons. The number of rotatable bonds is 12. The summed E-state index contributed by atoms with van der Waals surface area (Å²) in [6, 6.07) is 0. The first-order valence-electron chi connectivity index (χ1n) is 14.2. The van der Waals surface area contributed by atoms with E-state index in [0.717, 1.165) is 55.4 Å². The standard InChI is InChI=1S/C28H38O19/c1-11(29)37-9-19-21(39-13(3)31)23(41-15(5)33)25(43-17(7)35)27(45-19)47-28-26(44-18(8)36)24(42-16(6)34)22(40-14(4)32)20(46-28)10-38-12(2)30/h19-28H,9-10H2,1-8H3/t19?,20?,21-,22+,23?,24?,25?,26?,27-,28+. The van der Waals surface area contributed by atoms with Gasteiger partial charge in [0.2, 0.25) is 12.6 Å². The van der Waals surface area contributed by atoms with E-state index in [1.165, 1.54) is 0 Å². The quantitative estimate of drug-likeness (QED) is 0.181. The molecule has 2 fully saturated rings. The molecule has 6 unspecified atom stereocenters. The van der Waals surface area contributed by atoms with E-state index in [4.69, 9.17) is 52.1 Å². The number of esters is 8. The summed E-state index contributed by atoms with van der Waals surface area (Å²) in [5, 5.41) is 0. The van der Waals surface area contributed by atoms with Crippen molar-refractivity contribution in [2.45, 2.75) is 117 Å². The molecule has 0 aromatic carbocycles. The summed E-state index contributed by atoms with van der Waals surface area (Å²) in [6.07, 6.45) is -16.3. The number of ether oxygens (including phenoxy) is 11. The van der Waals surface area contributed by atoms with Gasteiger partial charge in [0.05, 0.1) is 0 Å². The molecule has 0 bridgehead atoms. The lowest BCUT2D eigenvalue weighted by Crippen LogP contribution is -2.66. The highest BCUT2D eigenvalue weighted by Gasteiger charge is 2.57. The van der Waals surface area contributed by atoms with Crippen molar-refractivity contribution in [1.29, 1.82) is 0 Å². The molecular formula is C28H38O19. The van der Waals surface area contributed by atoms with Crippen molar-refractivity contribution in [3.05, 3.63) is 0 Å². The van der Waals surface area contributed by atoms with Gasteiger partial charge in [-0.2, -0.15) is 0 Å². The second kappa shape index (κ2) is 17.5. The largest absolute Gasteiger partial charge is 0.463 e. The molecule has 0 amide bonds. The van der Waals surface area contributed by atoms with Crippen LogP contribution in [0.4, 0.5) is 0 Å². The van der Waals surface area contributed by atoms with E-state index in [0.29, 0.717) is 0 Å². The number of carbonyl (C=O) groups excluding carboxylic acids is 8. The predicted octanol–water partition coefficient (Wildman–Crippen LogP) is -0.831. The molecule has 47 heavy (non-hydrogen) atoms. The zero-order valence-electron chi connectivity index (χ0n) is 26.9. The van der Waals surface area contributed by atoms with E-state index in [-0.39, 0.29) is 0 Å². The summed E-state index contributed by atoms with van der Waals surface area (Å²) < 4.78 is 60.1. The van der Waals surface area contributed by atoms with Gasteiger partial charge in [-0.3, -0.25) is 38.4 Å². The van der Waals surface area contributed by atoms with Crippen LogP contribution in [0.15, 0.2) is 0 Å². The van der Waals surface area contributed by atoms with Gasteiger partial charge in [0.1, 0.15) is 25.4 Å². The van der Waals surface area contributed by atoms with Crippen LogP contribution in [0, 0.1) is 0 Å². The predicted molar refractivity (Wildman–Crippen MR) is 145 cm³/mol. The molecular weight excluding hydrogens is 640 g/mol. The third-order valence-corrected chi connectivity index (χ3v) is 6.16. The van der Waals surface area contributed by atoms with Crippen molar-refractivity contribution >= 4 is 47.8 Å². The van der Waals surface area contributed by atoms with Crippen molar-refractivity contribution in [2.24, 2.45) is 0 Å². The van der Waals surface area contributed by atoms with Crippen LogP contribution in [0.25, 0.3) is 0 Å². The topological polar surface area (TPSA) is 238 Å². The zero-order valence-corrected chi connectivity index (χ0v) is 26.9. The van der Waals surface area contributed by atoms with Crippen molar-refractivity contribution < 1.29 is 90.5 Å². The van der Waals surface area contributed by atoms with Crippen molar-refractivity contribution in [3.8, 4) is 0 Å². The molecule has 2 aliphatic rings. The van der Waals surface area contributed by atoms with E-state index < -0.39 is 122 Å². The van der Waals surface area contributed by atoms with E-state index in [9.17, 15) is 38.4 Å². The maximum absolute atomic E-state index is 12.2. The average Bonchev–Trinajstić information content (AvgIpc) is 2.91. The third-order valence-electron chi connectivity index (χ3n) is 6.16. The Hall–Kier alpha value is -4.36. The number of hydrogen-bond acceptors (Lipinski definition) is 19. The average molecular weight is 679 g/mol. The lowest BCUT2D eigenvalue weighted by molar-refractivity contribution is -0.377. The maximum Gasteiger partial charge on any atom is 0.303 e. The molecule has 2 aliphatic heterocycles. The monoisotopic (exact) mass is 678 g/mol. The van der Waals surface area contributed by atoms with E-state index in [1.54, 1.807) is 0 Å². The molecule has 2 rings (SSSR count). The summed E-state index contributed by atoms with van der Waals surface area (Å²) in [6.45, 7) is 7.10. The van der Waals surface area contributed by atoms with Crippen molar-refractivity contribution in [2.75, 3.05) is 13.2 Å². The molecule has 0 aliphatic carbocycles. The normalized spacial score (nSPS) is 30.0. The summed E-state index contributed by atoms with van der Waals surface area (Å²) in [7, 11) is 0. The summed E-state index contributed by atoms with van der Waals surface area (Å²) in [5.41, 5.74) is 0. The minimum atomic E-state index is -1.84. The molecule has 2 heterocycles. The lowest BCUT2D eigenvalue weighted by Gasteiger charge is -2.48. The van der Waals surface area contributed by atoms with E-state index in [1.807, 2.05) is 0 Å². The first kappa shape index (κ1) is 38.8. The highest BCUT2D eigenvalue weighted by molar-refractivity contribution is 5.70. The van der Waals surface area contributed by atoms with Gasteiger partial charge in [0.25, 0.3) is 0 Å². The molecule has 0 saturated carbocycles. The van der Waals surface area contributed by atoms with Gasteiger partial charge < -0.3 is 52.1 Å². The highest BCUT2D eigenvalue weighted by Crippen LogP contribution is 2.35. The van der Waals surface area contributed by atoms with Crippen LogP contribution in [-0.2, 0) is 90.5 Å². The molecule has 2 saturated heterocycles. The zero-order chi connectivity index (χ0) is 35.6. The van der Waals surface area contributed by atoms with Gasteiger partial charge in [0.15, 0.2) is 36.6 Å². The maximum atomic E-state index is 12.2. The molecule has 19 heteroatoms. The SMILES string of the molecule is CC(=O)OCC1O[C@H](O[C@@H]2OC(COC(C)=O)[C@H](OC(C)=O)C(OC(C)=O)C2OC(C)=O)C(OC(C)=O)C(OC(C)=O)[C@@H]1OC(C)=O. The Kier molecular flexibility index (Phi) is 14.5. The minimum absolute atomic E-state index is 0.587. The van der Waals surface area contributed by atoms with E-state index in [2.05, 4.69) is 0 Å². The van der Waals surface area contributed by atoms with Crippen LogP contribution in [0.1, 0.15) is 55.4 Å². The Bertz CT molecular complexity index is 1110. The second-order valence-electron chi connectivity index (χ2n) is 10.3. The van der Waals surface area contributed by atoms with Crippen LogP contribution in [0.2, 0.25) is 0 Å². The van der Waals surface area contributed by atoms with Gasteiger partial charge in [-0.15, -0.1) is 0 Å². The van der Waals surface area contributed by atoms with Crippen LogP contribution in [-0.4, -0.2) is 122 Å². The highest BCUT2D eigenvalue weighted by atomic mass is 16.8. The van der Waals surface area contributed by atoms with Gasteiger partial charge in [-0.25, -0.2) is 0 Å². The Morgan fingerprint density at radius 1 is 0.383 bits per heavy atom. The van der Waals surface area contributed by atoms with Crippen LogP contribution < -0.4 is 0 Å². The Labute approximate surface area is 268 Å². The fourth-order valence-electron chi connectivity index (χ4n) is 4.73. The van der Waals surface area contributed by atoms with Crippen molar-refractivity contribution in [1.82, 2.24) is 0 Å². The Balaban J connectivity index is 2.69. The fourth-order valence-corrected chi connectivity index (χ4v) is 4.73. The Morgan fingerprint density at radius 3 is 0.894 bits per heavy atom. The van der Waals surface area contributed by atoms with Crippen LogP contribution >= 0.6 is 0 Å². The third kappa shape index (κ3) is 12.1. The molecule has 0 spiro atoms. The molecule has 10 atom stereocenters. The van der Waals surface area contributed by atoms with Crippen LogP contribution in [0.3, 0.4) is 0 Å². The summed E-state index contributed by atoms with van der Waals surface area (Å²) >= 11 is 0. The molecule has 19 nitrogen and oxygen atoms in total. The lowest BCUT2D eigenvalue weighted by atomic mass is 9.96. The van der Waals surface area contributed by atoms with E-state index >= 15 is 0 Å². The molecule has 264 valence electrons. The van der Waals surface area contributed by atoms with Gasteiger partial charge in [0, 0.05) is 55.4 Å². The summed E-state index contributed by atoms with van der Waals surface area (Å²) in [5.74, 6) is -6.98. The molecule has 0 N–H and O–H groups in total.